The normalized spacial score (nSPS) is 17.8. The van der Waals surface area contributed by atoms with Gasteiger partial charge in [-0.1, -0.05) is 6.07 Å². The highest BCUT2D eigenvalue weighted by Gasteiger charge is 2.26. The van der Waals surface area contributed by atoms with Crippen LogP contribution in [0.5, 0.6) is 5.75 Å². The highest BCUT2D eigenvalue weighted by molar-refractivity contribution is 5.73. The van der Waals surface area contributed by atoms with Gasteiger partial charge in [-0.15, -0.1) is 5.10 Å². The van der Waals surface area contributed by atoms with Crippen LogP contribution in [0.2, 0.25) is 0 Å². The third kappa shape index (κ3) is 1.42. The molecule has 7 heteroatoms. The third-order valence-electron chi connectivity index (χ3n) is 2.72. The largest absolute Gasteiger partial charge is 0.488 e. The van der Waals surface area contributed by atoms with Crippen molar-refractivity contribution in [3.05, 3.63) is 18.2 Å². The Hall–Kier alpha value is -2.18. The molecule has 0 bridgehead atoms. The summed E-state index contributed by atoms with van der Waals surface area (Å²) in [6, 6.07) is 4.79. The standard InChI is InChI=1S/C10H10FN5O/c11-4-6-5-17-9-7(2-1-3-8(9)12)10-13-14-15-16(6)10/h1-3,6H,4-5,12H2/t6-/m1/s1. The number of nitrogens with zero attached hydrogens (tertiary/aromatic N) is 4. The zero-order valence-electron chi connectivity index (χ0n) is 8.88. The molecule has 0 saturated carbocycles. The Kier molecular flexibility index (Phi) is 2.17. The molecule has 6 nitrogen and oxygen atoms in total. The molecule has 1 aliphatic heterocycles. The number of hydrogen-bond acceptors (Lipinski definition) is 5. The molecule has 1 aromatic heterocycles. The molecule has 17 heavy (non-hydrogen) atoms. The minimum atomic E-state index is -0.591. The third-order valence-corrected chi connectivity index (χ3v) is 2.72. The topological polar surface area (TPSA) is 78.9 Å². The second kappa shape index (κ2) is 3.69. The van der Waals surface area contributed by atoms with Gasteiger partial charge in [0.25, 0.3) is 0 Å². The van der Waals surface area contributed by atoms with Crippen molar-refractivity contribution in [3.8, 4) is 17.1 Å². The van der Waals surface area contributed by atoms with Gasteiger partial charge in [0.2, 0.25) is 0 Å². The predicted molar refractivity (Wildman–Crippen MR) is 58.2 cm³/mol. The van der Waals surface area contributed by atoms with Crippen LogP contribution in [0.15, 0.2) is 18.2 Å². The number of benzene rings is 1. The molecule has 0 fully saturated rings. The summed E-state index contributed by atoms with van der Waals surface area (Å²) in [5.74, 6) is 0.993. The van der Waals surface area contributed by atoms with Gasteiger partial charge in [-0.3, -0.25) is 0 Å². The molecular weight excluding hydrogens is 225 g/mol. The molecule has 88 valence electrons. The van der Waals surface area contributed by atoms with Gasteiger partial charge in [-0.25, -0.2) is 9.07 Å². The number of nitrogen functional groups attached to an aromatic ring is 1. The fourth-order valence-corrected chi connectivity index (χ4v) is 1.87. The number of nitrogens with two attached hydrogens (primary N) is 1. The molecule has 0 radical (unpaired) electrons. The number of rotatable bonds is 1. The smallest absolute Gasteiger partial charge is 0.186 e. The average Bonchev–Trinajstić information content (AvgIpc) is 2.75. The Labute approximate surface area is 96.2 Å². The summed E-state index contributed by atoms with van der Waals surface area (Å²) in [4.78, 5) is 0. The van der Waals surface area contributed by atoms with Crippen LogP contribution < -0.4 is 10.5 Å². The van der Waals surface area contributed by atoms with Crippen molar-refractivity contribution in [2.24, 2.45) is 0 Å². The number of fused-ring (bicyclic) bond motifs is 3. The van der Waals surface area contributed by atoms with Crippen molar-refractivity contribution < 1.29 is 9.13 Å². The molecule has 0 saturated heterocycles. The van der Waals surface area contributed by atoms with Crippen LogP contribution in [0.25, 0.3) is 11.4 Å². The van der Waals surface area contributed by atoms with Gasteiger partial charge in [-0.2, -0.15) is 0 Å². The van der Waals surface area contributed by atoms with E-state index >= 15 is 0 Å². The van der Waals surface area contributed by atoms with Crippen molar-refractivity contribution in [2.45, 2.75) is 6.04 Å². The van der Waals surface area contributed by atoms with Gasteiger partial charge in [-0.05, 0) is 22.6 Å². The van der Waals surface area contributed by atoms with Gasteiger partial charge in [0.15, 0.2) is 11.6 Å². The van der Waals surface area contributed by atoms with Crippen molar-refractivity contribution in [1.29, 1.82) is 0 Å². The molecule has 0 amide bonds. The van der Waals surface area contributed by atoms with Crippen molar-refractivity contribution in [1.82, 2.24) is 20.2 Å². The molecule has 0 unspecified atom stereocenters. The number of alkyl halides is 1. The van der Waals surface area contributed by atoms with E-state index in [1.165, 1.54) is 4.68 Å². The Morgan fingerprint density at radius 1 is 1.53 bits per heavy atom. The summed E-state index contributed by atoms with van der Waals surface area (Å²) >= 11 is 0. The van der Waals surface area contributed by atoms with Crippen LogP contribution >= 0.6 is 0 Å². The molecule has 0 aliphatic carbocycles. The maximum Gasteiger partial charge on any atom is 0.186 e. The van der Waals surface area contributed by atoms with Gasteiger partial charge in [0.1, 0.15) is 19.3 Å². The van der Waals surface area contributed by atoms with E-state index in [1.807, 2.05) is 0 Å². The number of ether oxygens (including phenoxy) is 1. The van der Waals surface area contributed by atoms with Gasteiger partial charge >= 0.3 is 0 Å². The first-order valence-corrected chi connectivity index (χ1v) is 5.16. The first kappa shape index (κ1) is 10.0. The lowest BCUT2D eigenvalue weighted by Crippen LogP contribution is -2.19. The fraction of sp³-hybridized carbons (Fsp3) is 0.300. The van der Waals surface area contributed by atoms with Crippen molar-refractivity contribution in [3.63, 3.8) is 0 Å². The quantitative estimate of drug-likeness (QED) is 0.740. The Morgan fingerprint density at radius 2 is 2.41 bits per heavy atom. The van der Waals surface area contributed by atoms with Crippen LogP contribution in [0.3, 0.4) is 0 Å². The lowest BCUT2D eigenvalue weighted by atomic mass is 10.1. The highest BCUT2D eigenvalue weighted by Crippen LogP contribution is 2.37. The van der Waals surface area contributed by atoms with Crippen LogP contribution in [0.1, 0.15) is 6.04 Å². The molecule has 2 N–H and O–H groups in total. The summed E-state index contributed by atoms with van der Waals surface area (Å²) < 4.78 is 19.9. The zero-order chi connectivity index (χ0) is 11.8. The van der Waals surface area contributed by atoms with E-state index in [-0.39, 0.29) is 6.61 Å². The minimum absolute atomic E-state index is 0.162. The zero-order valence-corrected chi connectivity index (χ0v) is 8.88. The van der Waals surface area contributed by atoms with Gasteiger partial charge in [0.05, 0.1) is 11.3 Å². The van der Waals surface area contributed by atoms with E-state index in [0.717, 1.165) is 0 Å². The molecule has 1 aliphatic rings. The second-order valence-corrected chi connectivity index (χ2v) is 3.79. The number of aromatic nitrogens is 4. The SMILES string of the molecule is Nc1cccc2c1OC[C@@H](CF)n1nnnc1-2. The number of hydrogen-bond donors (Lipinski definition) is 1. The van der Waals surface area contributed by atoms with E-state index < -0.39 is 12.7 Å². The van der Waals surface area contributed by atoms with Crippen molar-refractivity contribution in [2.75, 3.05) is 19.0 Å². The summed E-state index contributed by atoms with van der Waals surface area (Å²) in [7, 11) is 0. The van der Waals surface area contributed by atoms with Crippen LogP contribution in [-0.4, -0.2) is 33.5 Å². The number of halogens is 1. The second-order valence-electron chi connectivity index (χ2n) is 3.79. The summed E-state index contributed by atoms with van der Waals surface area (Å²) in [6.07, 6.45) is 0. The number of anilines is 1. The highest BCUT2D eigenvalue weighted by atomic mass is 19.1. The first-order valence-electron chi connectivity index (χ1n) is 5.16. The van der Waals surface area contributed by atoms with E-state index in [0.29, 0.717) is 22.8 Å². The lowest BCUT2D eigenvalue weighted by Gasteiger charge is -2.11. The van der Waals surface area contributed by atoms with E-state index in [1.54, 1.807) is 18.2 Å². The van der Waals surface area contributed by atoms with Crippen LogP contribution in [-0.2, 0) is 0 Å². The fourth-order valence-electron chi connectivity index (χ4n) is 1.87. The Bertz CT molecular complexity index is 555. The van der Waals surface area contributed by atoms with E-state index in [4.69, 9.17) is 10.5 Å². The Morgan fingerprint density at radius 3 is 3.24 bits per heavy atom. The Balaban J connectivity index is 2.23. The van der Waals surface area contributed by atoms with Crippen molar-refractivity contribution >= 4 is 5.69 Å². The average molecular weight is 235 g/mol. The van der Waals surface area contributed by atoms with Crippen LogP contribution in [0, 0.1) is 0 Å². The summed E-state index contributed by atoms with van der Waals surface area (Å²) in [5.41, 5.74) is 7.01. The molecule has 0 spiro atoms. The molecular formula is C10H10FN5O. The number of para-hydroxylation sites is 1. The molecule has 1 aromatic carbocycles. The monoisotopic (exact) mass is 235 g/mol. The summed E-state index contributed by atoms with van der Waals surface area (Å²) in [5, 5.41) is 11.3. The van der Waals surface area contributed by atoms with Crippen LogP contribution in [0.4, 0.5) is 10.1 Å². The molecule has 2 heterocycles. The lowest BCUT2D eigenvalue weighted by molar-refractivity contribution is 0.215. The van der Waals surface area contributed by atoms with Gasteiger partial charge < -0.3 is 10.5 Å². The molecule has 1 atom stereocenters. The predicted octanol–water partition coefficient (Wildman–Crippen LogP) is 0.825. The van der Waals surface area contributed by atoms with E-state index in [9.17, 15) is 4.39 Å². The maximum absolute atomic E-state index is 12.9. The molecule has 3 rings (SSSR count). The maximum atomic E-state index is 12.9. The minimum Gasteiger partial charge on any atom is -0.488 e. The number of tetrazole rings is 1. The van der Waals surface area contributed by atoms with E-state index in [2.05, 4.69) is 15.5 Å². The summed E-state index contributed by atoms with van der Waals surface area (Å²) in [6.45, 7) is -0.429. The van der Waals surface area contributed by atoms with Gasteiger partial charge in [0, 0.05) is 0 Å². The first-order chi connectivity index (χ1) is 8.31. The molecule has 2 aromatic rings.